The number of thiophene rings is 1. The van der Waals surface area contributed by atoms with Gasteiger partial charge in [-0.25, -0.2) is 0 Å². The highest BCUT2D eigenvalue weighted by molar-refractivity contribution is 14.0. The van der Waals surface area contributed by atoms with Crippen molar-refractivity contribution in [2.24, 2.45) is 10.9 Å². The molecule has 0 spiro atoms. The molecule has 5 heteroatoms. The molecule has 1 aliphatic rings. The number of hydrogen-bond acceptors (Lipinski definition) is 2. The maximum atomic E-state index is 4.70. The lowest BCUT2D eigenvalue weighted by atomic mass is 10.1. The SMILES string of the molecule is CCNC(=NCC(C)c1cccs1)NCCCC1CC1.I. The van der Waals surface area contributed by atoms with Crippen LogP contribution in [0.25, 0.3) is 0 Å². The summed E-state index contributed by atoms with van der Waals surface area (Å²) in [4.78, 5) is 6.12. The van der Waals surface area contributed by atoms with Crippen LogP contribution in [0.1, 0.15) is 50.3 Å². The number of rotatable bonds is 8. The van der Waals surface area contributed by atoms with Gasteiger partial charge >= 0.3 is 0 Å². The van der Waals surface area contributed by atoms with Gasteiger partial charge in [0.05, 0.1) is 6.54 Å². The fraction of sp³-hybridized carbons (Fsp3) is 0.688. The molecule has 0 bridgehead atoms. The minimum absolute atomic E-state index is 0. The van der Waals surface area contributed by atoms with E-state index < -0.39 is 0 Å². The van der Waals surface area contributed by atoms with E-state index in [2.05, 4.69) is 42.0 Å². The maximum Gasteiger partial charge on any atom is 0.191 e. The lowest BCUT2D eigenvalue weighted by Gasteiger charge is -2.12. The van der Waals surface area contributed by atoms with Gasteiger partial charge in [0.15, 0.2) is 5.96 Å². The average Bonchev–Trinajstić information content (AvgIpc) is 3.11. The second-order valence-electron chi connectivity index (χ2n) is 5.65. The quantitative estimate of drug-likeness (QED) is 0.286. The van der Waals surface area contributed by atoms with Gasteiger partial charge < -0.3 is 10.6 Å². The molecule has 0 aromatic carbocycles. The first kappa shape index (κ1) is 18.7. The Labute approximate surface area is 150 Å². The molecule has 1 aliphatic carbocycles. The highest BCUT2D eigenvalue weighted by Gasteiger charge is 2.19. The molecule has 21 heavy (non-hydrogen) atoms. The Bertz CT molecular complexity index is 402. The molecule has 1 atom stereocenters. The molecule has 0 aliphatic heterocycles. The van der Waals surface area contributed by atoms with Gasteiger partial charge in [0.25, 0.3) is 0 Å². The molecular weight excluding hydrogens is 393 g/mol. The third-order valence-electron chi connectivity index (χ3n) is 3.67. The molecule has 1 heterocycles. The predicted molar refractivity (Wildman–Crippen MR) is 104 cm³/mol. The van der Waals surface area contributed by atoms with Gasteiger partial charge in [-0.15, -0.1) is 35.3 Å². The van der Waals surface area contributed by atoms with Crippen LogP contribution in [-0.4, -0.2) is 25.6 Å². The molecule has 0 amide bonds. The van der Waals surface area contributed by atoms with Crippen molar-refractivity contribution in [1.82, 2.24) is 10.6 Å². The molecule has 1 saturated carbocycles. The molecule has 1 fully saturated rings. The van der Waals surface area contributed by atoms with E-state index in [0.29, 0.717) is 5.92 Å². The maximum absolute atomic E-state index is 4.70. The van der Waals surface area contributed by atoms with E-state index >= 15 is 0 Å². The number of guanidine groups is 1. The van der Waals surface area contributed by atoms with Crippen molar-refractivity contribution in [3.05, 3.63) is 22.4 Å². The summed E-state index contributed by atoms with van der Waals surface area (Å²) in [5.74, 6) is 2.48. The standard InChI is InChI=1S/C16H27N3S.HI/c1-3-17-16(18-10-4-6-14-8-9-14)19-12-13(2)15-7-5-11-20-15;/h5,7,11,13-14H,3-4,6,8-10,12H2,1-2H3,(H2,17,18,19);1H. The number of aliphatic imine (C=N–C) groups is 1. The van der Waals surface area contributed by atoms with Gasteiger partial charge in [-0.05, 0) is 37.1 Å². The van der Waals surface area contributed by atoms with Gasteiger partial charge in [-0.2, -0.15) is 0 Å². The Morgan fingerprint density at radius 1 is 1.43 bits per heavy atom. The zero-order valence-electron chi connectivity index (χ0n) is 13.1. The Morgan fingerprint density at radius 3 is 2.86 bits per heavy atom. The molecule has 1 unspecified atom stereocenters. The summed E-state index contributed by atoms with van der Waals surface area (Å²) >= 11 is 1.82. The third-order valence-corrected chi connectivity index (χ3v) is 4.78. The average molecular weight is 421 g/mol. The minimum atomic E-state index is 0. The molecule has 2 N–H and O–H groups in total. The number of nitrogens with one attached hydrogen (secondary N) is 2. The van der Waals surface area contributed by atoms with E-state index in [1.807, 2.05) is 11.3 Å². The molecule has 1 aromatic heterocycles. The molecule has 1 aromatic rings. The Balaban J connectivity index is 0.00000220. The Kier molecular flexibility index (Phi) is 9.31. The third kappa shape index (κ3) is 7.49. The summed E-state index contributed by atoms with van der Waals surface area (Å²) in [6, 6.07) is 4.31. The largest absolute Gasteiger partial charge is 0.357 e. The van der Waals surface area contributed by atoms with Gasteiger partial charge in [0.2, 0.25) is 0 Å². The number of halogens is 1. The Hall–Kier alpha value is -0.300. The van der Waals surface area contributed by atoms with Crippen LogP contribution in [0, 0.1) is 5.92 Å². The molecular formula is C16H28IN3S. The van der Waals surface area contributed by atoms with Crippen LogP contribution < -0.4 is 10.6 Å². The molecule has 120 valence electrons. The summed E-state index contributed by atoms with van der Waals surface area (Å²) in [5.41, 5.74) is 0. The lowest BCUT2D eigenvalue weighted by molar-refractivity contribution is 0.643. The van der Waals surface area contributed by atoms with Crippen LogP contribution in [0.2, 0.25) is 0 Å². The van der Waals surface area contributed by atoms with Crippen LogP contribution in [0.4, 0.5) is 0 Å². The van der Waals surface area contributed by atoms with Crippen molar-refractivity contribution >= 4 is 41.3 Å². The normalized spacial score (nSPS) is 16.2. The first-order valence-electron chi connectivity index (χ1n) is 7.85. The smallest absolute Gasteiger partial charge is 0.191 e. The zero-order chi connectivity index (χ0) is 14.2. The van der Waals surface area contributed by atoms with E-state index in [-0.39, 0.29) is 24.0 Å². The highest BCUT2D eigenvalue weighted by atomic mass is 127. The van der Waals surface area contributed by atoms with E-state index in [1.165, 1.54) is 30.6 Å². The van der Waals surface area contributed by atoms with Crippen LogP contribution >= 0.6 is 35.3 Å². The zero-order valence-corrected chi connectivity index (χ0v) is 16.2. The monoisotopic (exact) mass is 421 g/mol. The Morgan fingerprint density at radius 2 is 2.24 bits per heavy atom. The summed E-state index contributed by atoms with van der Waals surface area (Å²) in [6.07, 6.45) is 5.53. The van der Waals surface area contributed by atoms with Gasteiger partial charge in [0, 0.05) is 23.9 Å². The number of hydrogen-bond donors (Lipinski definition) is 2. The van der Waals surface area contributed by atoms with Crippen LogP contribution in [0.3, 0.4) is 0 Å². The van der Waals surface area contributed by atoms with Crippen molar-refractivity contribution in [3.63, 3.8) is 0 Å². The van der Waals surface area contributed by atoms with Gasteiger partial charge in [0.1, 0.15) is 0 Å². The van der Waals surface area contributed by atoms with Crippen LogP contribution in [-0.2, 0) is 0 Å². The molecule has 2 rings (SSSR count). The van der Waals surface area contributed by atoms with Crippen molar-refractivity contribution < 1.29 is 0 Å². The van der Waals surface area contributed by atoms with Crippen molar-refractivity contribution in [3.8, 4) is 0 Å². The highest BCUT2D eigenvalue weighted by Crippen LogP contribution is 2.33. The second kappa shape index (κ2) is 10.4. The summed E-state index contributed by atoms with van der Waals surface area (Å²) in [5, 5.41) is 8.91. The first-order valence-corrected chi connectivity index (χ1v) is 8.73. The van der Waals surface area contributed by atoms with Gasteiger partial charge in [-0.1, -0.05) is 25.8 Å². The minimum Gasteiger partial charge on any atom is -0.357 e. The van der Waals surface area contributed by atoms with Crippen LogP contribution in [0.15, 0.2) is 22.5 Å². The van der Waals surface area contributed by atoms with Crippen molar-refractivity contribution in [2.75, 3.05) is 19.6 Å². The fourth-order valence-electron chi connectivity index (χ4n) is 2.24. The number of nitrogens with zero attached hydrogens (tertiary/aromatic N) is 1. The van der Waals surface area contributed by atoms with Crippen molar-refractivity contribution in [1.29, 1.82) is 0 Å². The topological polar surface area (TPSA) is 36.4 Å². The first-order chi connectivity index (χ1) is 9.79. The summed E-state index contributed by atoms with van der Waals surface area (Å²) < 4.78 is 0. The molecule has 3 nitrogen and oxygen atoms in total. The fourth-order valence-corrected chi connectivity index (χ4v) is 3.01. The molecule has 0 radical (unpaired) electrons. The lowest BCUT2D eigenvalue weighted by Crippen LogP contribution is -2.38. The predicted octanol–water partition coefficient (Wildman–Crippen LogP) is 4.21. The molecule has 0 saturated heterocycles. The van der Waals surface area contributed by atoms with E-state index in [4.69, 9.17) is 4.99 Å². The summed E-state index contributed by atoms with van der Waals surface area (Å²) in [7, 11) is 0. The van der Waals surface area contributed by atoms with Crippen LogP contribution in [0.5, 0.6) is 0 Å². The van der Waals surface area contributed by atoms with E-state index in [0.717, 1.165) is 31.5 Å². The van der Waals surface area contributed by atoms with Gasteiger partial charge in [-0.3, -0.25) is 4.99 Å². The summed E-state index contributed by atoms with van der Waals surface area (Å²) in [6.45, 7) is 7.16. The van der Waals surface area contributed by atoms with Crippen molar-refractivity contribution in [2.45, 2.75) is 45.4 Å². The van der Waals surface area contributed by atoms with E-state index in [1.54, 1.807) is 0 Å². The second-order valence-corrected chi connectivity index (χ2v) is 6.63. The van der Waals surface area contributed by atoms with E-state index in [9.17, 15) is 0 Å².